The SMILES string of the molecule is CCn1c(C[C@H]2CC[C@H](C(F)(F)F)OC2)nc2cc(C(=O)NCc3ccc(S(=O)(=O)CC)cc3)ccc21. The second kappa shape index (κ2) is 10.8. The number of aromatic nitrogens is 2. The van der Waals surface area contributed by atoms with Crippen LogP contribution in [0.1, 0.15) is 48.4 Å². The number of aryl methyl sites for hydroxylation is 1. The molecule has 4 rings (SSSR count). The number of halogens is 3. The molecule has 200 valence electrons. The highest BCUT2D eigenvalue weighted by molar-refractivity contribution is 7.91. The molecule has 2 aromatic carbocycles. The fourth-order valence-electron chi connectivity index (χ4n) is 4.58. The Kier molecular flexibility index (Phi) is 7.94. The average molecular weight is 538 g/mol. The van der Waals surface area contributed by atoms with E-state index in [0.717, 1.165) is 16.9 Å². The molecule has 3 aromatic rings. The summed E-state index contributed by atoms with van der Waals surface area (Å²) < 4.78 is 69.6. The lowest BCUT2D eigenvalue weighted by atomic mass is 9.95. The Morgan fingerprint density at radius 2 is 1.86 bits per heavy atom. The zero-order valence-electron chi connectivity index (χ0n) is 20.7. The monoisotopic (exact) mass is 537 g/mol. The van der Waals surface area contributed by atoms with Crippen LogP contribution in [0.2, 0.25) is 0 Å². The van der Waals surface area contributed by atoms with Crippen LogP contribution >= 0.6 is 0 Å². The first-order valence-corrected chi connectivity index (χ1v) is 13.9. The molecule has 2 heterocycles. The van der Waals surface area contributed by atoms with Gasteiger partial charge in [-0.1, -0.05) is 19.1 Å². The first-order chi connectivity index (χ1) is 17.5. The number of benzene rings is 2. The van der Waals surface area contributed by atoms with Crippen LogP contribution in [0.4, 0.5) is 13.2 Å². The second-order valence-corrected chi connectivity index (χ2v) is 11.5. The molecule has 2 atom stereocenters. The number of nitrogens with zero attached hydrogens (tertiary/aromatic N) is 2. The van der Waals surface area contributed by atoms with Gasteiger partial charge < -0.3 is 14.6 Å². The molecule has 0 spiro atoms. The number of carbonyl (C=O) groups excluding carboxylic acids is 1. The van der Waals surface area contributed by atoms with Crippen LogP contribution < -0.4 is 5.32 Å². The van der Waals surface area contributed by atoms with Crippen LogP contribution in [0.25, 0.3) is 11.0 Å². The largest absolute Gasteiger partial charge is 0.414 e. The summed E-state index contributed by atoms with van der Waals surface area (Å²) in [5.74, 6) is 0.436. The minimum Gasteiger partial charge on any atom is -0.368 e. The molecule has 11 heteroatoms. The van der Waals surface area contributed by atoms with Crippen molar-refractivity contribution in [1.29, 1.82) is 0 Å². The maximum atomic E-state index is 12.9. The van der Waals surface area contributed by atoms with Gasteiger partial charge in [0.15, 0.2) is 15.9 Å². The molecule has 0 radical (unpaired) electrons. The third kappa shape index (κ3) is 6.15. The van der Waals surface area contributed by atoms with Gasteiger partial charge >= 0.3 is 6.18 Å². The maximum absolute atomic E-state index is 12.9. The second-order valence-electron chi connectivity index (χ2n) is 9.22. The number of rotatable bonds is 8. The summed E-state index contributed by atoms with van der Waals surface area (Å²) in [7, 11) is -3.28. The molecule has 1 amide bonds. The van der Waals surface area contributed by atoms with Crippen molar-refractivity contribution in [2.75, 3.05) is 12.4 Å². The first kappa shape index (κ1) is 27.1. The molecular formula is C26H30F3N3O4S. The Morgan fingerprint density at radius 3 is 2.46 bits per heavy atom. The first-order valence-electron chi connectivity index (χ1n) is 12.3. The van der Waals surface area contributed by atoms with Crippen LogP contribution in [-0.2, 0) is 34.1 Å². The van der Waals surface area contributed by atoms with Gasteiger partial charge in [0.05, 0.1) is 28.3 Å². The van der Waals surface area contributed by atoms with E-state index in [1.54, 1.807) is 31.2 Å². The summed E-state index contributed by atoms with van der Waals surface area (Å²) in [6.45, 7) is 4.47. The Bertz CT molecular complexity index is 1360. The zero-order chi connectivity index (χ0) is 26.8. The van der Waals surface area contributed by atoms with Crippen molar-refractivity contribution in [1.82, 2.24) is 14.9 Å². The number of alkyl halides is 3. The highest BCUT2D eigenvalue weighted by Gasteiger charge is 2.43. The summed E-state index contributed by atoms with van der Waals surface area (Å²) in [6.07, 6.45) is -5.18. The third-order valence-electron chi connectivity index (χ3n) is 6.73. The number of fused-ring (bicyclic) bond motifs is 1. The quantitative estimate of drug-likeness (QED) is 0.451. The fourth-order valence-corrected chi connectivity index (χ4v) is 5.46. The van der Waals surface area contributed by atoms with E-state index in [1.807, 2.05) is 17.6 Å². The number of carbonyl (C=O) groups is 1. The van der Waals surface area contributed by atoms with E-state index in [1.165, 1.54) is 12.1 Å². The molecule has 0 unspecified atom stereocenters. The van der Waals surface area contributed by atoms with E-state index in [4.69, 9.17) is 9.72 Å². The van der Waals surface area contributed by atoms with Crippen molar-refractivity contribution in [2.45, 2.75) is 63.4 Å². The van der Waals surface area contributed by atoms with Crippen molar-refractivity contribution in [3.05, 3.63) is 59.4 Å². The summed E-state index contributed by atoms with van der Waals surface area (Å²) in [4.78, 5) is 17.7. The van der Waals surface area contributed by atoms with Crippen LogP contribution in [0.3, 0.4) is 0 Å². The number of amides is 1. The smallest absolute Gasteiger partial charge is 0.368 e. The molecule has 0 saturated carbocycles. The number of hydrogen-bond donors (Lipinski definition) is 1. The molecular weight excluding hydrogens is 507 g/mol. The van der Waals surface area contributed by atoms with Gasteiger partial charge in [-0.3, -0.25) is 4.79 Å². The van der Waals surface area contributed by atoms with Gasteiger partial charge in [-0.15, -0.1) is 0 Å². The molecule has 1 aromatic heterocycles. The Morgan fingerprint density at radius 1 is 1.14 bits per heavy atom. The number of imidazole rings is 1. The van der Waals surface area contributed by atoms with Crippen molar-refractivity contribution < 1.29 is 31.1 Å². The minimum absolute atomic E-state index is 0.0219. The van der Waals surface area contributed by atoms with Gasteiger partial charge in [0, 0.05) is 25.1 Å². The highest BCUT2D eigenvalue weighted by atomic mass is 32.2. The van der Waals surface area contributed by atoms with E-state index in [2.05, 4.69) is 5.32 Å². The summed E-state index contributed by atoms with van der Waals surface area (Å²) in [5, 5.41) is 2.84. The van der Waals surface area contributed by atoms with E-state index < -0.39 is 22.1 Å². The number of nitrogens with one attached hydrogen (secondary N) is 1. The summed E-state index contributed by atoms with van der Waals surface area (Å²) in [6, 6.07) is 11.7. The van der Waals surface area contributed by atoms with Crippen molar-refractivity contribution in [2.24, 2.45) is 5.92 Å². The van der Waals surface area contributed by atoms with Crippen molar-refractivity contribution in [3.63, 3.8) is 0 Å². The van der Waals surface area contributed by atoms with Crippen LogP contribution in [0, 0.1) is 5.92 Å². The highest BCUT2D eigenvalue weighted by Crippen LogP contribution is 2.33. The van der Waals surface area contributed by atoms with E-state index >= 15 is 0 Å². The molecule has 37 heavy (non-hydrogen) atoms. The Balaban J connectivity index is 1.42. The lowest BCUT2D eigenvalue weighted by Crippen LogP contribution is -2.38. The molecule has 0 aliphatic carbocycles. The maximum Gasteiger partial charge on any atom is 0.414 e. The summed E-state index contributed by atoms with van der Waals surface area (Å²) >= 11 is 0. The van der Waals surface area contributed by atoms with Gasteiger partial charge in [0.2, 0.25) is 0 Å². The van der Waals surface area contributed by atoms with Gasteiger partial charge in [-0.25, -0.2) is 13.4 Å². The van der Waals surface area contributed by atoms with Gasteiger partial charge in [-0.05, 0) is 61.6 Å². The molecule has 1 fully saturated rings. The van der Waals surface area contributed by atoms with E-state index in [0.29, 0.717) is 30.5 Å². The molecule has 1 saturated heterocycles. The standard InChI is InChI=1S/C26H30F3N3O4S/c1-3-32-22-11-8-19(25(33)30-15-17-5-9-20(10-6-17)37(34,35)4-2)14-21(22)31-24(32)13-18-7-12-23(36-16-18)26(27,28)29/h5-6,8-11,14,18,23H,3-4,7,12-13,15-16H2,1-2H3,(H,30,33)/t18-,23-/m1/s1. The average Bonchev–Trinajstić information content (AvgIpc) is 3.23. The third-order valence-corrected chi connectivity index (χ3v) is 8.48. The zero-order valence-corrected chi connectivity index (χ0v) is 21.5. The number of hydrogen-bond acceptors (Lipinski definition) is 5. The van der Waals surface area contributed by atoms with Gasteiger partial charge in [0.25, 0.3) is 5.91 Å². The summed E-state index contributed by atoms with van der Waals surface area (Å²) in [5.41, 5.74) is 2.69. The predicted octanol–water partition coefficient (Wildman–Crippen LogP) is 4.68. The minimum atomic E-state index is -4.34. The number of ether oxygens (including phenoxy) is 1. The predicted molar refractivity (Wildman–Crippen MR) is 133 cm³/mol. The van der Waals surface area contributed by atoms with E-state index in [-0.39, 0.29) is 42.0 Å². The molecule has 1 aliphatic rings. The molecule has 0 bridgehead atoms. The van der Waals surface area contributed by atoms with Crippen molar-refractivity contribution >= 4 is 26.8 Å². The van der Waals surface area contributed by atoms with Gasteiger partial charge in [0.1, 0.15) is 5.82 Å². The van der Waals surface area contributed by atoms with Gasteiger partial charge in [-0.2, -0.15) is 13.2 Å². The topological polar surface area (TPSA) is 90.3 Å². The lowest BCUT2D eigenvalue weighted by Gasteiger charge is -2.30. The van der Waals surface area contributed by atoms with E-state index in [9.17, 15) is 26.4 Å². The van der Waals surface area contributed by atoms with Crippen molar-refractivity contribution in [3.8, 4) is 0 Å². The van der Waals surface area contributed by atoms with Crippen LogP contribution in [0.5, 0.6) is 0 Å². The van der Waals surface area contributed by atoms with Crippen LogP contribution in [-0.4, -0.2) is 48.5 Å². The molecule has 1 aliphatic heterocycles. The number of sulfone groups is 1. The Hall–Kier alpha value is -2.92. The normalized spacial score (nSPS) is 18.7. The fraction of sp³-hybridized carbons (Fsp3) is 0.462. The molecule has 1 N–H and O–H groups in total. The Labute approximate surface area is 213 Å². The van der Waals surface area contributed by atoms with Crippen LogP contribution in [0.15, 0.2) is 47.4 Å². The lowest BCUT2D eigenvalue weighted by molar-refractivity contribution is -0.235. The molecule has 7 nitrogen and oxygen atoms in total.